The van der Waals surface area contributed by atoms with Crippen LogP contribution in [0.4, 0.5) is 0 Å². The Hall–Kier alpha value is -2.11. The predicted octanol–water partition coefficient (Wildman–Crippen LogP) is 4.23. The molecule has 0 radical (unpaired) electrons. The van der Waals surface area contributed by atoms with E-state index in [-0.39, 0.29) is 13.4 Å². The van der Waals surface area contributed by atoms with E-state index < -0.39 is 12.1 Å². The van der Waals surface area contributed by atoms with Crippen LogP contribution in [0.3, 0.4) is 0 Å². The van der Waals surface area contributed by atoms with Crippen molar-refractivity contribution in [3.8, 4) is 17.2 Å². The molecule has 0 fully saturated rings. The second-order valence-electron chi connectivity index (χ2n) is 5.13. The first-order valence-corrected chi connectivity index (χ1v) is 7.95. The summed E-state index contributed by atoms with van der Waals surface area (Å²) in [7, 11) is 0. The third-order valence-corrected chi connectivity index (χ3v) is 3.86. The van der Waals surface area contributed by atoms with Gasteiger partial charge in [-0.15, -0.1) is 0 Å². The molecular weight excluding hydrogens is 355 g/mol. The fourth-order valence-corrected chi connectivity index (χ4v) is 2.56. The normalized spacial score (nSPS) is 13.5. The zero-order valence-corrected chi connectivity index (χ0v) is 14.3. The van der Waals surface area contributed by atoms with Crippen molar-refractivity contribution in [2.24, 2.45) is 0 Å². The molecule has 1 aliphatic rings. The first-order chi connectivity index (χ1) is 11.5. The first kappa shape index (κ1) is 16.7. The van der Waals surface area contributed by atoms with Crippen LogP contribution in [0.2, 0.25) is 10.0 Å². The molecule has 0 spiro atoms. The van der Waals surface area contributed by atoms with Gasteiger partial charge < -0.3 is 18.9 Å². The highest BCUT2D eigenvalue weighted by molar-refractivity contribution is 6.32. The molecular formula is C17H14Cl2O5. The van der Waals surface area contributed by atoms with Gasteiger partial charge in [0.15, 0.2) is 17.6 Å². The molecule has 3 rings (SSSR count). The Morgan fingerprint density at radius 2 is 1.96 bits per heavy atom. The van der Waals surface area contributed by atoms with Gasteiger partial charge in [0.25, 0.3) is 0 Å². The number of fused-ring (bicyclic) bond motifs is 1. The molecule has 0 saturated heterocycles. The summed E-state index contributed by atoms with van der Waals surface area (Å²) in [6.45, 7) is 1.80. The summed E-state index contributed by atoms with van der Waals surface area (Å²) < 4.78 is 21.3. The van der Waals surface area contributed by atoms with E-state index >= 15 is 0 Å². The molecule has 7 heteroatoms. The van der Waals surface area contributed by atoms with E-state index in [0.29, 0.717) is 32.9 Å². The molecule has 126 valence electrons. The van der Waals surface area contributed by atoms with Gasteiger partial charge in [-0.05, 0) is 48.9 Å². The molecule has 0 N–H and O–H groups in total. The van der Waals surface area contributed by atoms with Crippen LogP contribution in [0.1, 0.15) is 12.5 Å². The fourth-order valence-electron chi connectivity index (χ4n) is 2.14. The van der Waals surface area contributed by atoms with Crippen LogP contribution < -0.4 is 14.2 Å². The monoisotopic (exact) mass is 368 g/mol. The topological polar surface area (TPSA) is 54.0 Å². The number of halogens is 2. The van der Waals surface area contributed by atoms with Gasteiger partial charge in [-0.25, -0.2) is 4.79 Å². The second-order valence-corrected chi connectivity index (χ2v) is 5.98. The number of esters is 1. The Balaban J connectivity index is 1.57. The standard InChI is InChI=1S/C17H14Cl2O5/c1-10(24-13-4-2-12(18)3-5-13)17(20)21-8-11-6-14(19)16-15(7-11)22-9-23-16/h2-7,10H,8-9H2,1H3/t10-/m1/s1. The maximum Gasteiger partial charge on any atom is 0.347 e. The molecule has 0 amide bonds. The van der Waals surface area contributed by atoms with Crippen molar-refractivity contribution in [1.29, 1.82) is 0 Å². The Labute approximate surface area is 149 Å². The average Bonchev–Trinajstić information content (AvgIpc) is 3.04. The summed E-state index contributed by atoms with van der Waals surface area (Å²) in [6.07, 6.45) is -0.754. The maximum atomic E-state index is 12.0. The average molecular weight is 369 g/mol. The lowest BCUT2D eigenvalue weighted by molar-refractivity contribution is -0.152. The Kier molecular flexibility index (Phi) is 5.02. The molecule has 0 bridgehead atoms. The zero-order chi connectivity index (χ0) is 17.1. The number of ether oxygens (including phenoxy) is 4. The minimum Gasteiger partial charge on any atom is -0.479 e. The molecule has 1 aliphatic heterocycles. The fraction of sp³-hybridized carbons (Fsp3) is 0.235. The lowest BCUT2D eigenvalue weighted by Crippen LogP contribution is -2.26. The SMILES string of the molecule is C[C@@H](Oc1ccc(Cl)cc1)C(=O)OCc1cc(Cl)c2c(c1)OCO2. The molecule has 2 aromatic carbocycles. The van der Waals surface area contributed by atoms with E-state index in [2.05, 4.69) is 0 Å². The second kappa shape index (κ2) is 7.20. The summed E-state index contributed by atoms with van der Waals surface area (Å²) in [4.78, 5) is 12.0. The lowest BCUT2D eigenvalue weighted by Gasteiger charge is -2.14. The maximum absolute atomic E-state index is 12.0. The van der Waals surface area contributed by atoms with E-state index in [0.717, 1.165) is 0 Å². The van der Waals surface area contributed by atoms with Crippen LogP contribution in [0, 0.1) is 0 Å². The third-order valence-electron chi connectivity index (χ3n) is 3.33. The van der Waals surface area contributed by atoms with Crippen molar-refractivity contribution in [2.45, 2.75) is 19.6 Å². The van der Waals surface area contributed by atoms with Gasteiger partial charge in [-0.3, -0.25) is 0 Å². The van der Waals surface area contributed by atoms with Gasteiger partial charge in [-0.2, -0.15) is 0 Å². The van der Waals surface area contributed by atoms with Gasteiger partial charge >= 0.3 is 5.97 Å². The van der Waals surface area contributed by atoms with Crippen molar-refractivity contribution >= 4 is 29.2 Å². The highest BCUT2D eigenvalue weighted by Gasteiger charge is 2.20. The molecule has 0 aromatic heterocycles. The van der Waals surface area contributed by atoms with Crippen LogP contribution in [0.15, 0.2) is 36.4 Å². The zero-order valence-electron chi connectivity index (χ0n) is 12.8. The third kappa shape index (κ3) is 3.86. The molecule has 1 atom stereocenters. The van der Waals surface area contributed by atoms with E-state index in [1.165, 1.54) is 0 Å². The summed E-state index contributed by atoms with van der Waals surface area (Å²) in [6, 6.07) is 10.1. The number of carbonyl (C=O) groups excluding carboxylic acids is 1. The molecule has 2 aromatic rings. The van der Waals surface area contributed by atoms with Gasteiger partial charge in [-0.1, -0.05) is 23.2 Å². The minimum absolute atomic E-state index is 0.0590. The van der Waals surface area contributed by atoms with Crippen LogP contribution in [-0.4, -0.2) is 18.9 Å². The Morgan fingerprint density at radius 1 is 1.21 bits per heavy atom. The van der Waals surface area contributed by atoms with Crippen molar-refractivity contribution in [1.82, 2.24) is 0 Å². The number of benzene rings is 2. The summed E-state index contributed by atoms with van der Waals surface area (Å²) in [5.41, 5.74) is 0.705. The molecule has 5 nitrogen and oxygen atoms in total. The van der Waals surface area contributed by atoms with Crippen molar-refractivity contribution in [2.75, 3.05) is 6.79 Å². The number of carbonyl (C=O) groups is 1. The molecule has 0 unspecified atom stereocenters. The van der Waals surface area contributed by atoms with E-state index in [1.54, 1.807) is 43.3 Å². The van der Waals surface area contributed by atoms with Crippen LogP contribution in [0.25, 0.3) is 0 Å². The quantitative estimate of drug-likeness (QED) is 0.739. The van der Waals surface area contributed by atoms with Gasteiger partial charge in [0.1, 0.15) is 12.4 Å². The molecule has 0 aliphatic carbocycles. The van der Waals surface area contributed by atoms with Gasteiger partial charge in [0.05, 0.1) is 5.02 Å². The van der Waals surface area contributed by atoms with Gasteiger partial charge in [0, 0.05) is 5.02 Å². The number of hydrogen-bond donors (Lipinski definition) is 0. The Morgan fingerprint density at radius 3 is 2.71 bits per heavy atom. The van der Waals surface area contributed by atoms with Crippen LogP contribution in [-0.2, 0) is 16.1 Å². The summed E-state index contributed by atoms with van der Waals surface area (Å²) in [5, 5.41) is 1.01. The lowest BCUT2D eigenvalue weighted by atomic mass is 10.2. The first-order valence-electron chi connectivity index (χ1n) is 7.20. The summed E-state index contributed by atoms with van der Waals surface area (Å²) >= 11 is 11.9. The molecule has 1 heterocycles. The van der Waals surface area contributed by atoms with Crippen LogP contribution >= 0.6 is 23.2 Å². The highest BCUT2D eigenvalue weighted by atomic mass is 35.5. The summed E-state index contributed by atoms with van der Waals surface area (Å²) in [5.74, 6) is 1.10. The van der Waals surface area contributed by atoms with Crippen molar-refractivity contribution in [3.05, 3.63) is 52.0 Å². The number of rotatable bonds is 5. The van der Waals surface area contributed by atoms with E-state index in [1.807, 2.05) is 0 Å². The number of hydrogen-bond acceptors (Lipinski definition) is 5. The van der Waals surface area contributed by atoms with E-state index in [4.69, 9.17) is 42.1 Å². The Bertz CT molecular complexity index is 745. The largest absolute Gasteiger partial charge is 0.479 e. The smallest absolute Gasteiger partial charge is 0.347 e. The highest BCUT2D eigenvalue weighted by Crippen LogP contribution is 2.39. The van der Waals surface area contributed by atoms with Crippen molar-refractivity contribution < 1.29 is 23.7 Å². The predicted molar refractivity (Wildman–Crippen MR) is 88.9 cm³/mol. The molecule has 24 heavy (non-hydrogen) atoms. The van der Waals surface area contributed by atoms with E-state index in [9.17, 15) is 4.79 Å². The van der Waals surface area contributed by atoms with Gasteiger partial charge in [0.2, 0.25) is 6.79 Å². The van der Waals surface area contributed by atoms with Crippen LogP contribution in [0.5, 0.6) is 17.2 Å². The van der Waals surface area contributed by atoms with Crippen molar-refractivity contribution in [3.63, 3.8) is 0 Å². The molecule has 0 saturated carbocycles. The minimum atomic E-state index is -0.754.